The minimum absolute atomic E-state index is 0.0698. The maximum absolute atomic E-state index is 11.4. The molecule has 0 bridgehead atoms. The van der Waals surface area contributed by atoms with Crippen molar-refractivity contribution in [1.29, 1.82) is 0 Å². The Kier molecular flexibility index (Phi) is 1.75. The van der Waals surface area contributed by atoms with Crippen molar-refractivity contribution >= 4 is 11.5 Å². The van der Waals surface area contributed by atoms with Crippen molar-refractivity contribution in [3.8, 4) is 0 Å². The maximum atomic E-state index is 11.4. The van der Waals surface area contributed by atoms with E-state index in [0.29, 0.717) is 5.69 Å². The second-order valence-electron chi connectivity index (χ2n) is 3.08. The lowest BCUT2D eigenvalue weighted by Crippen LogP contribution is -2.26. The Bertz CT molecular complexity index is 661. The fourth-order valence-electron chi connectivity index (χ4n) is 1.46. The molecule has 0 fully saturated rings. The molecule has 2 aromatic heterocycles. The molecule has 78 valence electrons. The van der Waals surface area contributed by atoms with Crippen LogP contribution in [0.25, 0.3) is 5.52 Å². The molecule has 0 amide bonds. The number of aryl methyl sites for hydroxylation is 1. The topological polar surface area (TPSA) is 107 Å². The molecule has 2 heterocycles. The van der Waals surface area contributed by atoms with E-state index < -0.39 is 17.2 Å². The van der Waals surface area contributed by atoms with Crippen molar-refractivity contribution in [2.24, 2.45) is 0 Å². The zero-order chi connectivity index (χ0) is 11.2. The molecule has 15 heavy (non-hydrogen) atoms. The average Bonchev–Trinajstić information content (AvgIpc) is 2.44. The summed E-state index contributed by atoms with van der Waals surface area (Å²) in [7, 11) is 0. The minimum Gasteiger partial charge on any atom is -0.478 e. The largest absolute Gasteiger partial charge is 0.478 e. The van der Waals surface area contributed by atoms with E-state index in [1.165, 1.54) is 6.07 Å². The summed E-state index contributed by atoms with van der Waals surface area (Å²) in [4.78, 5) is 35.1. The molecular formula is C8H7N3O4. The van der Waals surface area contributed by atoms with Crippen LogP contribution in [-0.2, 0) is 0 Å². The zero-order valence-corrected chi connectivity index (χ0v) is 7.70. The molecule has 7 nitrogen and oxygen atoms in total. The van der Waals surface area contributed by atoms with Crippen LogP contribution in [0.2, 0.25) is 0 Å². The first-order valence-electron chi connectivity index (χ1n) is 4.08. The van der Waals surface area contributed by atoms with Crippen LogP contribution in [0.3, 0.4) is 0 Å². The van der Waals surface area contributed by atoms with E-state index in [4.69, 9.17) is 5.11 Å². The normalized spacial score (nSPS) is 10.7. The Hall–Kier alpha value is -2.31. The van der Waals surface area contributed by atoms with Gasteiger partial charge in [0.25, 0.3) is 5.56 Å². The van der Waals surface area contributed by atoms with Gasteiger partial charge in [-0.2, -0.15) is 0 Å². The number of hydrogen-bond acceptors (Lipinski definition) is 3. The first kappa shape index (κ1) is 9.25. The van der Waals surface area contributed by atoms with Crippen LogP contribution in [0, 0.1) is 6.92 Å². The van der Waals surface area contributed by atoms with E-state index in [1.807, 2.05) is 4.98 Å². The predicted molar refractivity (Wildman–Crippen MR) is 50.3 cm³/mol. The van der Waals surface area contributed by atoms with E-state index in [9.17, 15) is 14.4 Å². The van der Waals surface area contributed by atoms with Crippen LogP contribution < -0.4 is 11.2 Å². The van der Waals surface area contributed by atoms with E-state index in [0.717, 1.165) is 4.52 Å². The molecule has 0 spiro atoms. The summed E-state index contributed by atoms with van der Waals surface area (Å²) in [5.74, 6) is -1.21. The van der Waals surface area contributed by atoms with Crippen LogP contribution in [0.15, 0.2) is 15.7 Å². The van der Waals surface area contributed by atoms with Crippen LogP contribution in [0.4, 0.5) is 0 Å². The number of H-pyrrole nitrogens is 2. The van der Waals surface area contributed by atoms with Gasteiger partial charge in [0.2, 0.25) is 0 Å². The summed E-state index contributed by atoms with van der Waals surface area (Å²) in [5, 5.41) is 11.1. The number of fused-ring (bicyclic) bond motifs is 1. The fraction of sp³-hybridized carbons (Fsp3) is 0.125. The highest BCUT2D eigenvalue weighted by Gasteiger charge is 2.16. The van der Waals surface area contributed by atoms with Gasteiger partial charge in [-0.1, -0.05) is 0 Å². The molecule has 0 saturated carbocycles. The number of carbonyl (C=O) groups is 1. The van der Waals surface area contributed by atoms with Gasteiger partial charge in [0.05, 0.1) is 5.56 Å². The Morgan fingerprint density at radius 2 is 2.13 bits per heavy atom. The summed E-state index contributed by atoms with van der Waals surface area (Å²) < 4.78 is 1.16. The van der Waals surface area contributed by atoms with Crippen LogP contribution in [0.5, 0.6) is 0 Å². The van der Waals surface area contributed by atoms with E-state index >= 15 is 0 Å². The fourth-order valence-corrected chi connectivity index (χ4v) is 1.46. The first-order chi connectivity index (χ1) is 7.00. The van der Waals surface area contributed by atoms with Crippen LogP contribution >= 0.6 is 0 Å². The van der Waals surface area contributed by atoms with Crippen molar-refractivity contribution in [3.05, 3.63) is 38.2 Å². The number of nitrogens with zero attached hydrogens (tertiary/aromatic N) is 1. The second-order valence-corrected chi connectivity index (χ2v) is 3.08. The van der Waals surface area contributed by atoms with Crippen molar-refractivity contribution < 1.29 is 9.90 Å². The Morgan fingerprint density at radius 3 is 2.73 bits per heavy atom. The molecule has 2 aromatic rings. The van der Waals surface area contributed by atoms with Crippen molar-refractivity contribution in [3.63, 3.8) is 0 Å². The summed E-state index contributed by atoms with van der Waals surface area (Å²) in [5.41, 5.74) is -1.12. The van der Waals surface area contributed by atoms with Crippen LogP contribution in [0.1, 0.15) is 16.1 Å². The lowest BCUT2D eigenvalue weighted by Gasteiger charge is -1.95. The van der Waals surface area contributed by atoms with Gasteiger partial charge in [-0.05, 0) is 13.0 Å². The lowest BCUT2D eigenvalue weighted by molar-refractivity contribution is 0.0699. The van der Waals surface area contributed by atoms with Gasteiger partial charge in [-0.25, -0.2) is 14.7 Å². The molecule has 7 heteroatoms. The summed E-state index contributed by atoms with van der Waals surface area (Å²) in [6.45, 7) is 1.59. The average molecular weight is 209 g/mol. The van der Waals surface area contributed by atoms with Crippen LogP contribution in [-0.4, -0.2) is 25.7 Å². The first-order valence-corrected chi connectivity index (χ1v) is 4.08. The monoisotopic (exact) mass is 209 g/mol. The van der Waals surface area contributed by atoms with Gasteiger partial charge in [0.1, 0.15) is 5.52 Å². The third kappa shape index (κ3) is 1.25. The number of aromatic amines is 2. The summed E-state index contributed by atoms with van der Waals surface area (Å²) in [6.07, 6.45) is 0. The Labute approximate surface area is 82.0 Å². The van der Waals surface area contributed by atoms with E-state index in [1.54, 1.807) is 6.92 Å². The number of carboxylic acid groups (broad SMARTS) is 1. The molecule has 3 N–H and O–H groups in total. The minimum atomic E-state index is -1.21. The SMILES string of the molecule is Cc1cc(C(=O)O)c2c(=O)[nH]c(=O)[nH]n12. The molecule has 0 radical (unpaired) electrons. The zero-order valence-electron chi connectivity index (χ0n) is 7.70. The lowest BCUT2D eigenvalue weighted by atomic mass is 10.3. The summed E-state index contributed by atoms with van der Waals surface area (Å²) >= 11 is 0. The number of aromatic carboxylic acids is 1. The van der Waals surface area contributed by atoms with Gasteiger partial charge in [0, 0.05) is 5.69 Å². The molecule has 0 aromatic carbocycles. The quantitative estimate of drug-likeness (QED) is 0.578. The molecule has 0 aliphatic rings. The number of nitrogens with one attached hydrogen (secondary N) is 2. The van der Waals surface area contributed by atoms with Crippen molar-refractivity contribution in [1.82, 2.24) is 14.6 Å². The maximum Gasteiger partial charge on any atom is 0.340 e. The number of rotatable bonds is 1. The third-order valence-electron chi connectivity index (χ3n) is 2.07. The van der Waals surface area contributed by atoms with E-state index in [-0.39, 0.29) is 11.1 Å². The highest BCUT2D eigenvalue weighted by molar-refractivity contribution is 5.95. The van der Waals surface area contributed by atoms with Gasteiger partial charge in [-0.15, -0.1) is 0 Å². The van der Waals surface area contributed by atoms with E-state index in [2.05, 4.69) is 5.10 Å². The number of hydrogen-bond donors (Lipinski definition) is 3. The molecule has 0 aliphatic carbocycles. The third-order valence-corrected chi connectivity index (χ3v) is 2.07. The standard InChI is InChI=1S/C8H7N3O4/c1-3-2-4(7(13)14)5-6(12)9-8(15)10-11(3)5/h2H,1H3,(H,13,14)(H2,9,10,12,15). The summed E-state index contributed by atoms with van der Waals surface area (Å²) in [6, 6.07) is 1.32. The molecular weight excluding hydrogens is 202 g/mol. The van der Waals surface area contributed by atoms with Gasteiger partial charge in [0.15, 0.2) is 0 Å². The van der Waals surface area contributed by atoms with Gasteiger partial charge in [-0.3, -0.25) is 14.3 Å². The molecule has 0 atom stereocenters. The number of carboxylic acids is 1. The molecule has 0 unspecified atom stereocenters. The molecule has 0 saturated heterocycles. The predicted octanol–water partition coefficient (Wildman–Crippen LogP) is -0.677. The highest BCUT2D eigenvalue weighted by atomic mass is 16.4. The van der Waals surface area contributed by atoms with Crippen molar-refractivity contribution in [2.45, 2.75) is 6.92 Å². The molecule has 2 rings (SSSR count). The van der Waals surface area contributed by atoms with Gasteiger partial charge < -0.3 is 5.11 Å². The highest BCUT2D eigenvalue weighted by Crippen LogP contribution is 2.10. The Morgan fingerprint density at radius 1 is 1.47 bits per heavy atom. The Balaban J connectivity index is 3.07. The second kappa shape index (κ2) is 2.84. The molecule has 0 aliphatic heterocycles. The number of aromatic nitrogens is 3. The van der Waals surface area contributed by atoms with Crippen molar-refractivity contribution in [2.75, 3.05) is 0 Å². The smallest absolute Gasteiger partial charge is 0.340 e. The van der Waals surface area contributed by atoms with Gasteiger partial charge >= 0.3 is 11.7 Å².